The van der Waals surface area contributed by atoms with Crippen molar-refractivity contribution in [1.82, 2.24) is 5.32 Å². The van der Waals surface area contributed by atoms with Crippen molar-refractivity contribution in [3.63, 3.8) is 0 Å². The lowest BCUT2D eigenvalue weighted by atomic mass is 9.88. The normalized spacial score (nSPS) is 11.4. The van der Waals surface area contributed by atoms with Gasteiger partial charge in [0.1, 0.15) is 0 Å². The number of amides is 1. The van der Waals surface area contributed by atoms with Crippen LogP contribution in [0.3, 0.4) is 0 Å². The molecule has 1 aromatic rings. The van der Waals surface area contributed by atoms with Gasteiger partial charge in [-0.05, 0) is 36.0 Å². The lowest BCUT2D eigenvalue weighted by Gasteiger charge is -2.18. The first-order chi connectivity index (χ1) is 9.92. The zero-order valence-electron chi connectivity index (χ0n) is 14.2. The van der Waals surface area contributed by atoms with Gasteiger partial charge in [-0.3, -0.25) is 4.79 Å². The van der Waals surface area contributed by atoms with Crippen LogP contribution in [0.5, 0.6) is 0 Å². The van der Waals surface area contributed by atoms with Crippen LogP contribution in [0, 0.1) is 5.41 Å². The molecule has 1 amide bonds. The van der Waals surface area contributed by atoms with E-state index in [0.717, 1.165) is 24.9 Å². The smallest absolute Gasteiger partial charge is 0.251 e. The summed E-state index contributed by atoms with van der Waals surface area (Å²) in [7, 11) is 0. The molecule has 0 unspecified atom stereocenters. The quantitative estimate of drug-likeness (QED) is 0.672. The van der Waals surface area contributed by atoms with E-state index in [1.165, 1.54) is 31.2 Å². The second-order valence-electron chi connectivity index (χ2n) is 7.10. The van der Waals surface area contributed by atoms with Crippen LogP contribution in [0.1, 0.15) is 75.7 Å². The standard InChI is InChI=1S/C19H31NO/c1-5-6-7-8-9-14-20-18(21)17-12-10-16(11-13-17)15-19(2,3)4/h10-13H,5-9,14-15H2,1-4H3,(H,20,21). The van der Waals surface area contributed by atoms with Crippen LogP contribution in [0.4, 0.5) is 0 Å². The molecule has 1 aromatic carbocycles. The molecule has 0 aliphatic heterocycles. The molecular formula is C19H31NO. The summed E-state index contributed by atoms with van der Waals surface area (Å²) in [5, 5.41) is 3.00. The monoisotopic (exact) mass is 289 g/mol. The lowest BCUT2D eigenvalue weighted by molar-refractivity contribution is 0.0953. The van der Waals surface area contributed by atoms with Gasteiger partial charge in [0.05, 0.1) is 0 Å². The van der Waals surface area contributed by atoms with Crippen molar-refractivity contribution >= 4 is 5.91 Å². The predicted molar refractivity (Wildman–Crippen MR) is 90.7 cm³/mol. The Morgan fingerprint density at radius 1 is 1.00 bits per heavy atom. The Balaban J connectivity index is 2.34. The van der Waals surface area contributed by atoms with Gasteiger partial charge in [-0.25, -0.2) is 0 Å². The van der Waals surface area contributed by atoms with E-state index in [2.05, 4.69) is 45.1 Å². The Kier molecular flexibility index (Phi) is 7.49. The Morgan fingerprint density at radius 2 is 1.62 bits per heavy atom. The van der Waals surface area contributed by atoms with Crippen molar-refractivity contribution < 1.29 is 4.79 Å². The number of hydrogen-bond donors (Lipinski definition) is 1. The van der Waals surface area contributed by atoms with Gasteiger partial charge >= 0.3 is 0 Å². The van der Waals surface area contributed by atoms with E-state index in [1.807, 2.05) is 12.1 Å². The molecule has 1 rings (SSSR count). The van der Waals surface area contributed by atoms with E-state index in [1.54, 1.807) is 0 Å². The SMILES string of the molecule is CCCCCCCNC(=O)c1ccc(CC(C)(C)C)cc1. The average molecular weight is 289 g/mol. The Bertz CT molecular complexity index is 414. The highest BCUT2D eigenvalue weighted by molar-refractivity contribution is 5.94. The molecule has 0 fully saturated rings. The molecule has 0 saturated carbocycles. The molecule has 2 nitrogen and oxygen atoms in total. The van der Waals surface area contributed by atoms with Crippen molar-refractivity contribution in [2.45, 2.75) is 66.2 Å². The highest BCUT2D eigenvalue weighted by Crippen LogP contribution is 2.20. The van der Waals surface area contributed by atoms with Crippen molar-refractivity contribution in [2.24, 2.45) is 5.41 Å². The number of benzene rings is 1. The molecule has 0 aliphatic carbocycles. The van der Waals surface area contributed by atoms with Crippen LogP contribution in [-0.2, 0) is 6.42 Å². The maximum absolute atomic E-state index is 12.0. The fraction of sp³-hybridized carbons (Fsp3) is 0.632. The van der Waals surface area contributed by atoms with Gasteiger partial charge in [0, 0.05) is 12.1 Å². The van der Waals surface area contributed by atoms with Gasteiger partial charge in [0.25, 0.3) is 5.91 Å². The molecule has 0 heterocycles. The van der Waals surface area contributed by atoms with Crippen LogP contribution < -0.4 is 5.32 Å². The first-order valence-corrected chi connectivity index (χ1v) is 8.29. The summed E-state index contributed by atoms with van der Waals surface area (Å²) in [4.78, 5) is 12.0. The van der Waals surface area contributed by atoms with E-state index < -0.39 is 0 Å². The second kappa shape index (κ2) is 8.86. The number of carbonyl (C=O) groups is 1. The molecule has 2 heteroatoms. The fourth-order valence-corrected chi connectivity index (χ4v) is 2.42. The summed E-state index contributed by atoms with van der Waals surface area (Å²) < 4.78 is 0. The average Bonchev–Trinajstić information content (AvgIpc) is 2.41. The molecule has 1 N–H and O–H groups in total. The Morgan fingerprint density at radius 3 is 2.19 bits per heavy atom. The fourth-order valence-electron chi connectivity index (χ4n) is 2.42. The molecule has 0 saturated heterocycles. The molecule has 0 radical (unpaired) electrons. The van der Waals surface area contributed by atoms with E-state index in [0.29, 0.717) is 0 Å². The maximum atomic E-state index is 12.0. The van der Waals surface area contributed by atoms with Crippen molar-refractivity contribution in [1.29, 1.82) is 0 Å². The van der Waals surface area contributed by atoms with Crippen molar-refractivity contribution in [3.05, 3.63) is 35.4 Å². The van der Waals surface area contributed by atoms with E-state index >= 15 is 0 Å². The molecular weight excluding hydrogens is 258 g/mol. The number of hydrogen-bond acceptors (Lipinski definition) is 1. The summed E-state index contributed by atoms with van der Waals surface area (Å²) in [6, 6.07) is 8.02. The van der Waals surface area contributed by atoms with Crippen molar-refractivity contribution in [3.8, 4) is 0 Å². The summed E-state index contributed by atoms with van der Waals surface area (Å²) in [5.74, 6) is 0.0489. The van der Waals surface area contributed by atoms with Crippen LogP contribution in [0.25, 0.3) is 0 Å². The van der Waals surface area contributed by atoms with E-state index in [9.17, 15) is 4.79 Å². The molecule has 0 aromatic heterocycles. The first kappa shape index (κ1) is 17.7. The summed E-state index contributed by atoms with van der Waals surface area (Å²) in [6.45, 7) is 9.68. The van der Waals surface area contributed by atoms with E-state index in [4.69, 9.17) is 0 Å². The Hall–Kier alpha value is -1.31. The number of unbranched alkanes of at least 4 members (excludes halogenated alkanes) is 4. The van der Waals surface area contributed by atoms with Gasteiger partial charge in [-0.15, -0.1) is 0 Å². The van der Waals surface area contributed by atoms with E-state index in [-0.39, 0.29) is 11.3 Å². The summed E-state index contributed by atoms with van der Waals surface area (Å²) >= 11 is 0. The predicted octanol–water partition coefficient (Wildman–Crippen LogP) is 4.98. The minimum Gasteiger partial charge on any atom is -0.352 e. The molecule has 0 atom stereocenters. The van der Waals surface area contributed by atoms with Gasteiger partial charge < -0.3 is 5.32 Å². The van der Waals surface area contributed by atoms with Gasteiger partial charge in [0.2, 0.25) is 0 Å². The topological polar surface area (TPSA) is 29.1 Å². The van der Waals surface area contributed by atoms with Crippen molar-refractivity contribution in [2.75, 3.05) is 6.54 Å². The van der Waals surface area contributed by atoms with Crippen LogP contribution in [-0.4, -0.2) is 12.5 Å². The molecule has 0 aliphatic rings. The molecule has 0 spiro atoms. The summed E-state index contributed by atoms with van der Waals surface area (Å²) in [6.07, 6.45) is 7.14. The zero-order valence-corrected chi connectivity index (χ0v) is 14.2. The summed E-state index contributed by atoms with van der Waals surface area (Å²) in [5.41, 5.74) is 2.34. The minimum absolute atomic E-state index is 0.0489. The van der Waals surface area contributed by atoms with Crippen LogP contribution in [0.15, 0.2) is 24.3 Å². The van der Waals surface area contributed by atoms with Gasteiger partial charge in [-0.1, -0.05) is 65.5 Å². The first-order valence-electron chi connectivity index (χ1n) is 8.29. The highest BCUT2D eigenvalue weighted by atomic mass is 16.1. The van der Waals surface area contributed by atoms with Gasteiger partial charge in [0.15, 0.2) is 0 Å². The minimum atomic E-state index is 0.0489. The molecule has 21 heavy (non-hydrogen) atoms. The van der Waals surface area contributed by atoms with Gasteiger partial charge in [-0.2, -0.15) is 0 Å². The zero-order chi connectivity index (χ0) is 15.7. The largest absolute Gasteiger partial charge is 0.352 e. The van der Waals surface area contributed by atoms with Crippen LogP contribution >= 0.6 is 0 Å². The highest BCUT2D eigenvalue weighted by Gasteiger charge is 2.11. The number of nitrogens with one attached hydrogen (secondary N) is 1. The Labute approximate surface area is 130 Å². The number of carbonyl (C=O) groups excluding carboxylic acids is 1. The lowest BCUT2D eigenvalue weighted by Crippen LogP contribution is -2.24. The van der Waals surface area contributed by atoms with Crippen LogP contribution in [0.2, 0.25) is 0 Å². The molecule has 118 valence electrons. The number of rotatable bonds is 8. The third kappa shape index (κ3) is 7.89. The third-order valence-electron chi connectivity index (χ3n) is 3.52. The second-order valence-corrected chi connectivity index (χ2v) is 7.10. The third-order valence-corrected chi connectivity index (χ3v) is 3.52. The molecule has 0 bridgehead atoms. The maximum Gasteiger partial charge on any atom is 0.251 e.